The molecule has 4 heterocycles. The van der Waals surface area contributed by atoms with Crippen LogP contribution in [0.1, 0.15) is 52.9 Å². The van der Waals surface area contributed by atoms with E-state index in [2.05, 4.69) is 20.9 Å². The number of aromatic nitrogens is 3. The summed E-state index contributed by atoms with van der Waals surface area (Å²) in [6.45, 7) is 6.99. The number of benzene rings is 1. The molecule has 0 saturated carbocycles. The lowest BCUT2D eigenvalue weighted by molar-refractivity contribution is -0.147. The molecular formula is C27H38N6O5. The number of rotatable bonds is 11. The Bertz CT molecular complexity index is 1220. The van der Waals surface area contributed by atoms with Crippen molar-refractivity contribution in [1.29, 1.82) is 0 Å². The fourth-order valence-corrected chi connectivity index (χ4v) is 6.89. The minimum absolute atomic E-state index is 0.00664. The van der Waals surface area contributed by atoms with Gasteiger partial charge in [-0.25, -0.2) is 4.68 Å². The molecule has 3 unspecified atom stereocenters. The van der Waals surface area contributed by atoms with Gasteiger partial charge in [-0.15, -0.1) is 5.10 Å². The van der Waals surface area contributed by atoms with Crippen molar-refractivity contribution in [3.8, 4) is 0 Å². The first kappa shape index (κ1) is 26.6. The molecule has 3 N–H and O–H groups in total. The Morgan fingerprint density at radius 2 is 1.97 bits per heavy atom. The molecule has 1 spiro atoms. The molecule has 11 heteroatoms. The summed E-state index contributed by atoms with van der Waals surface area (Å²) in [4.78, 5) is 43.0. The average molecular weight is 527 g/mol. The number of aliphatic hydroxyl groups excluding tert-OH is 1. The lowest BCUT2D eigenvalue weighted by Gasteiger charge is -2.36. The van der Waals surface area contributed by atoms with Crippen LogP contribution in [0.15, 0.2) is 24.3 Å². The summed E-state index contributed by atoms with van der Waals surface area (Å²) in [7, 11) is 0. The lowest BCUT2D eigenvalue weighted by Crippen LogP contribution is -2.56. The first-order chi connectivity index (χ1) is 18.3. The van der Waals surface area contributed by atoms with Crippen molar-refractivity contribution in [2.45, 2.75) is 76.8 Å². The van der Waals surface area contributed by atoms with Crippen LogP contribution in [0, 0.1) is 17.8 Å². The Kier molecular flexibility index (Phi) is 7.17. The molecule has 0 radical (unpaired) electrons. The second kappa shape index (κ2) is 10.3. The number of fused-ring (bicyclic) bond motifs is 2. The maximum absolute atomic E-state index is 14.0. The number of carbonyl (C=O) groups excluding carboxylic acids is 3. The first-order valence-corrected chi connectivity index (χ1v) is 13.7. The van der Waals surface area contributed by atoms with Gasteiger partial charge >= 0.3 is 0 Å². The molecule has 6 atom stereocenters. The molecule has 3 amide bonds. The molecule has 11 nitrogen and oxygen atoms in total. The Balaban J connectivity index is 1.45. The Morgan fingerprint density at radius 1 is 1.18 bits per heavy atom. The van der Waals surface area contributed by atoms with Gasteiger partial charge in [-0.3, -0.25) is 14.4 Å². The van der Waals surface area contributed by atoms with Crippen molar-refractivity contribution >= 4 is 28.8 Å². The first-order valence-electron chi connectivity index (χ1n) is 13.7. The van der Waals surface area contributed by atoms with Crippen LogP contribution in [0.4, 0.5) is 0 Å². The van der Waals surface area contributed by atoms with Gasteiger partial charge in [0.2, 0.25) is 17.7 Å². The normalized spacial score (nSPS) is 31.7. The van der Waals surface area contributed by atoms with Crippen molar-refractivity contribution in [3.63, 3.8) is 0 Å². The van der Waals surface area contributed by atoms with Gasteiger partial charge in [0.1, 0.15) is 23.8 Å². The van der Waals surface area contributed by atoms with E-state index in [1.807, 2.05) is 45.0 Å². The van der Waals surface area contributed by atoms with E-state index in [9.17, 15) is 19.5 Å². The summed E-state index contributed by atoms with van der Waals surface area (Å²) in [5.41, 5.74) is -0.395. The van der Waals surface area contributed by atoms with Crippen LogP contribution in [0.3, 0.4) is 0 Å². The largest absolute Gasteiger partial charge is 0.396 e. The number of nitrogens with zero attached hydrogens (tertiary/aromatic N) is 4. The van der Waals surface area contributed by atoms with Crippen LogP contribution in [-0.4, -0.2) is 79.7 Å². The average Bonchev–Trinajstić information content (AvgIpc) is 3.57. The van der Waals surface area contributed by atoms with Crippen LogP contribution >= 0.6 is 0 Å². The van der Waals surface area contributed by atoms with E-state index in [4.69, 9.17) is 4.74 Å². The fourth-order valence-electron chi connectivity index (χ4n) is 6.89. The molecular weight excluding hydrogens is 488 g/mol. The number of likely N-dealkylation sites (tertiary alicyclic amines) is 1. The summed E-state index contributed by atoms with van der Waals surface area (Å²) in [5, 5.41) is 23.5. The smallest absolute Gasteiger partial charge is 0.247 e. The van der Waals surface area contributed by atoms with E-state index < -0.39 is 29.1 Å². The second-order valence-corrected chi connectivity index (χ2v) is 11.1. The molecule has 206 valence electrons. The second-order valence-electron chi connectivity index (χ2n) is 11.1. The molecule has 1 aromatic heterocycles. The maximum Gasteiger partial charge on any atom is 0.247 e. The number of unbranched alkanes of at least 4 members (excludes halogenated alkanes) is 2. The number of hydrogen-bond donors (Lipinski definition) is 3. The van der Waals surface area contributed by atoms with Crippen LogP contribution in [0.5, 0.6) is 0 Å². The molecule has 3 fully saturated rings. The zero-order chi connectivity index (χ0) is 27.1. The lowest BCUT2D eigenvalue weighted by atomic mass is 9.62. The van der Waals surface area contributed by atoms with Gasteiger partial charge in [0.25, 0.3) is 0 Å². The number of amides is 3. The predicted octanol–water partition coefficient (Wildman–Crippen LogP) is 1.20. The van der Waals surface area contributed by atoms with Crippen molar-refractivity contribution < 1.29 is 24.2 Å². The fraction of sp³-hybridized carbons (Fsp3) is 0.667. The van der Waals surface area contributed by atoms with Gasteiger partial charge in [-0.2, -0.15) is 0 Å². The highest BCUT2D eigenvalue weighted by atomic mass is 16.5. The molecule has 3 aliphatic heterocycles. The molecule has 3 saturated heterocycles. The van der Waals surface area contributed by atoms with Crippen molar-refractivity contribution in [1.82, 2.24) is 30.5 Å². The molecule has 0 aliphatic carbocycles. The van der Waals surface area contributed by atoms with E-state index in [-0.39, 0.29) is 36.9 Å². The summed E-state index contributed by atoms with van der Waals surface area (Å²) in [5.74, 6) is -2.10. The zero-order valence-electron chi connectivity index (χ0n) is 22.4. The molecule has 3 aliphatic rings. The minimum Gasteiger partial charge on any atom is -0.396 e. The zero-order valence-corrected chi connectivity index (χ0v) is 22.4. The quantitative estimate of drug-likeness (QED) is 0.374. The van der Waals surface area contributed by atoms with Gasteiger partial charge < -0.3 is 25.4 Å². The Morgan fingerprint density at radius 3 is 2.74 bits per heavy atom. The van der Waals surface area contributed by atoms with E-state index in [1.165, 1.54) is 0 Å². The van der Waals surface area contributed by atoms with E-state index in [1.54, 1.807) is 9.58 Å². The van der Waals surface area contributed by atoms with Crippen LogP contribution in [-0.2, 0) is 25.8 Å². The molecule has 38 heavy (non-hydrogen) atoms. The summed E-state index contributed by atoms with van der Waals surface area (Å²) in [6, 6.07) is 6.63. The highest BCUT2D eigenvalue weighted by molar-refractivity contribution is 5.99. The third kappa shape index (κ3) is 4.07. The maximum atomic E-state index is 14.0. The number of nitrogens with one attached hydrogen (secondary N) is 2. The van der Waals surface area contributed by atoms with E-state index in [0.29, 0.717) is 32.4 Å². The molecule has 2 bridgehead atoms. The molecule has 2 aromatic rings. The van der Waals surface area contributed by atoms with Crippen LogP contribution in [0.25, 0.3) is 11.0 Å². The van der Waals surface area contributed by atoms with E-state index >= 15 is 0 Å². The predicted molar refractivity (Wildman–Crippen MR) is 138 cm³/mol. The standard InChI is InChI=1S/C27H38N6O5/c1-4-12-28-23(35)20-21-25(37)32(13-8-5-9-14-34)22(27(21)15-17(2)26(20,3)38-27)24(36)29-16-33-19-11-7-6-10-18(19)30-31-33/h6-7,10-11,17,20-22,34H,4-5,8-9,12-16H2,1-3H3,(H,28,35)(H,29,36)/t17?,20-,21-,22?,26+,27?/m0/s1. The topological polar surface area (TPSA) is 139 Å². The van der Waals surface area contributed by atoms with Crippen LogP contribution < -0.4 is 10.6 Å². The summed E-state index contributed by atoms with van der Waals surface area (Å²) in [6.07, 6.45) is 3.31. The summed E-state index contributed by atoms with van der Waals surface area (Å²) >= 11 is 0. The number of para-hydroxylation sites is 1. The monoisotopic (exact) mass is 526 g/mol. The van der Waals surface area contributed by atoms with Crippen LogP contribution in [0.2, 0.25) is 0 Å². The number of aliphatic hydroxyl groups is 1. The van der Waals surface area contributed by atoms with E-state index in [0.717, 1.165) is 23.9 Å². The van der Waals surface area contributed by atoms with Gasteiger partial charge in [-0.1, -0.05) is 31.2 Å². The van der Waals surface area contributed by atoms with Gasteiger partial charge in [0, 0.05) is 19.7 Å². The number of carbonyl (C=O) groups is 3. The molecule has 1 aromatic carbocycles. The minimum atomic E-state index is -1.08. The Hall–Kier alpha value is -3.05. The highest BCUT2D eigenvalue weighted by Gasteiger charge is 2.79. The third-order valence-corrected chi connectivity index (χ3v) is 8.78. The van der Waals surface area contributed by atoms with Crippen molar-refractivity contribution in [3.05, 3.63) is 24.3 Å². The van der Waals surface area contributed by atoms with Gasteiger partial charge in [0.05, 0.1) is 23.0 Å². The van der Waals surface area contributed by atoms with Crippen molar-refractivity contribution in [2.75, 3.05) is 19.7 Å². The summed E-state index contributed by atoms with van der Waals surface area (Å²) < 4.78 is 8.32. The number of ether oxygens (including phenoxy) is 1. The Labute approximate surface area is 222 Å². The molecule has 5 rings (SSSR count). The van der Waals surface area contributed by atoms with Crippen molar-refractivity contribution in [2.24, 2.45) is 17.8 Å². The van der Waals surface area contributed by atoms with Gasteiger partial charge in [-0.05, 0) is 57.1 Å². The number of hydrogen-bond acceptors (Lipinski definition) is 7. The van der Waals surface area contributed by atoms with Gasteiger partial charge in [0.15, 0.2) is 0 Å². The SMILES string of the molecule is CCCNC(=O)[C@@H]1[C@H]2C(=O)N(CCCCCO)C(C(=O)NCn3nnc4ccccc43)C23CC(C)[C@@]1(C)O3. The third-order valence-electron chi connectivity index (χ3n) is 8.78. The highest BCUT2D eigenvalue weighted by Crippen LogP contribution is 2.65.